The Kier molecular flexibility index (Phi) is 5.92. The number of benzene rings is 1. The van der Waals surface area contributed by atoms with Crippen molar-refractivity contribution in [3.63, 3.8) is 0 Å². The Morgan fingerprint density at radius 3 is 2.63 bits per heavy atom. The van der Waals surface area contributed by atoms with Crippen LogP contribution >= 0.6 is 23.2 Å². The van der Waals surface area contributed by atoms with Gasteiger partial charge in [0, 0.05) is 12.1 Å². The fourth-order valence-corrected chi connectivity index (χ4v) is 1.59. The van der Waals surface area contributed by atoms with E-state index in [0.717, 1.165) is 0 Å². The molecular formula is C12H13Cl2NO4. The van der Waals surface area contributed by atoms with Gasteiger partial charge in [-0.1, -0.05) is 23.2 Å². The van der Waals surface area contributed by atoms with Crippen LogP contribution in [-0.2, 0) is 14.3 Å². The number of carbonyl (C=O) groups is 2. The van der Waals surface area contributed by atoms with E-state index in [1.54, 1.807) is 12.1 Å². The molecule has 0 saturated carbocycles. The molecule has 104 valence electrons. The molecule has 0 saturated heterocycles. The minimum Gasteiger partial charge on any atom is -0.477 e. The van der Waals surface area contributed by atoms with Crippen molar-refractivity contribution in [2.24, 2.45) is 0 Å². The van der Waals surface area contributed by atoms with Gasteiger partial charge in [0.1, 0.15) is 5.75 Å². The third-order valence-electron chi connectivity index (χ3n) is 2.15. The Morgan fingerprint density at radius 2 is 2.05 bits per heavy atom. The average molecular weight is 306 g/mol. The lowest BCUT2D eigenvalue weighted by Crippen LogP contribution is -2.31. The Bertz CT molecular complexity index is 479. The summed E-state index contributed by atoms with van der Waals surface area (Å²) in [5, 5.41) is 3.09. The number of nitrogens with one attached hydrogen (secondary N) is 1. The van der Waals surface area contributed by atoms with Crippen molar-refractivity contribution in [3.05, 3.63) is 28.2 Å². The molecular weight excluding hydrogens is 293 g/mol. The van der Waals surface area contributed by atoms with Gasteiger partial charge < -0.3 is 14.8 Å². The zero-order chi connectivity index (χ0) is 14.4. The minimum absolute atomic E-state index is 0.290. The van der Waals surface area contributed by atoms with E-state index in [0.29, 0.717) is 15.8 Å². The number of likely N-dealkylation sites (N-methyl/N-ethyl adjacent to an activating group) is 1. The third kappa shape index (κ3) is 4.96. The SMILES string of the molecule is CNC(=O)COC(=O)[C@H](C)Oc1ccc(Cl)cc1Cl. The van der Waals surface area contributed by atoms with E-state index in [2.05, 4.69) is 5.32 Å². The number of halogens is 2. The topological polar surface area (TPSA) is 64.6 Å². The van der Waals surface area contributed by atoms with Crippen LogP contribution in [0, 0.1) is 0 Å². The van der Waals surface area contributed by atoms with Crippen molar-refractivity contribution in [1.82, 2.24) is 5.32 Å². The summed E-state index contributed by atoms with van der Waals surface area (Å²) in [6, 6.07) is 4.64. The van der Waals surface area contributed by atoms with Crippen LogP contribution in [0.25, 0.3) is 0 Å². The maximum Gasteiger partial charge on any atom is 0.347 e. The second kappa shape index (κ2) is 7.21. The van der Waals surface area contributed by atoms with Crippen LogP contribution in [0.15, 0.2) is 18.2 Å². The molecule has 0 unspecified atom stereocenters. The zero-order valence-corrected chi connectivity index (χ0v) is 11.9. The lowest BCUT2D eigenvalue weighted by Gasteiger charge is -2.14. The van der Waals surface area contributed by atoms with Gasteiger partial charge in [0.05, 0.1) is 5.02 Å². The van der Waals surface area contributed by atoms with E-state index in [1.165, 1.54) is 20.0 Å². The Morgan fingerprint density at radius 1 is 1.37 bits per heavy atom. The number of carbonyl (C=O) groups excluding carboxylic acids is 2. The quantitative estimate of drug-likeness (QED) is 0.846. The molecule has 0 aliphatic heterocycles. The molecule has 0 spiro atoms. The lowest BCUT2D eigenvalue weighted by atomic mass is 10.3. The fraction of sp³-hybridized carbons (Fsp3) is 0.333. The van der Waals surface area contributed by atoms with Crippen molar-refractivity contribution in [2.45, 2.75) is 13.0 Å². The largest absolute Gasteiger partial charge is 0.477 e. The molecule has 1 amide bonds. The molecule has 0 bridgehead atoms. The molecule has 1 aromatic carbocycles. The average Bonchev–Trinajstić information content (AvgIpc) is 2.38. The van der Waals surface area contributed by atoms with E-state index in [1.807, 2.05) is 0 Å². The molecule has 0 heterocycles. The summed E-state index contributed by atoms with van der Waals surface area (Å²) in [5.74, 6) is -0.741. The molecule has 7 heteroatoms. The van der Waals surface area contributed by atoms with Gasteiger partial charge in [0.25, 0.3) is 5.91 Å². The predicted molar refractivity (Wildman–Crippen MR) is 71.6 cm³/mol. The Labute approximate surface area is 120 Å². The van der Waals surface area contributed by atoms with Crippen molar-refractivity contribution < 1.29 is 19.1 Å². The van der Waals surface area contributed by atoms with E-state index >= 15 is 0 Å². The summed E-state index contributed by atoms with van der Waals surface area (Å²) in [7, 11) is 1.45. The lowest BCUT2D eigenvalue weighted by molar-refractivity contribution is -0.154. The summed E-state index contributed by atoms with van der Waals surface area (Å²) in [4.78, 5) is 22.5. The first-order valence-corrected chi connectivity index (χ1v) is 6.18. The normalized spacial score (nSPS) is 11.6. The van der Waals surface area contributed by atoms with Crippen LogP contribution in [0.4, 0.5) is 0 Å². The molecule has 0 aliphatic rings. The van der Waals surface area contributed by atoms with E-state index in [9.17, 15) is 9.59 Å². The van der Waals surface area contributed by atoms with Gasteiger partial charge in [-0.15, -0.1) is 0 Å². The van der Waals surface area contributed by atoms with Crippen molar-refractivity contribution in [2.75, 3.05) is 13.7 Å². The van der Waals surface area contributed by atoms with Crippen LogP contribution in [0.1, 0.15) is 6.92 Å². The first kappa shape index (κ1) is 15.6. The van der Waals surface area contributed by atoms with Gasteiger partial charge in [0.15, 0.2) is 12.7 Å². The van der Waals surface area contributed by atoms with E-state index < -0.39 is 18.0 Å². The standard InChI is InChI=1S/C12H13Cl2NO4/c1-7(12(17)18-6-11(16)15-2)19-10-4-3-8(13)5-9(10)14/h3-5,7H,6H2,1-2H3,(H,15,16)/t7-/m0/s1. The second-order valence-electron chi connectivity index (χ2n) is 3.62. The van der Waals surface area contributed by atoms with E-state index in [-0.39, 0.29) is 6.61 Å². The highest BCUT2D eigenvalue weighted by Crippen LogP contribution is 2.28. The molecule has 1 N–H and O–H groups in total. The van der Waals surface area contributed by atoms with Crippen molar-refractivity contribution in [1.29, 1.82) is 0 Å². The highest BCUT2D eigenvalue weighted by Gasteiger charge is 2.18. The predicted octanol–water partition coefficient (Wildman–Crippen LogP) is 2.05. The summed E-state index contributed by atoms with van der Waals surface area (Å²) in [5.41, 5.74) is 0. The van der Waals surface area contributed by atoms with Crippen LogP contribution < -0.4 is 10.1 Å². The number of hydrogen-bond acceptors (Lipinski definition) is 4. The summed E-state index contributed by atoms with van der Waals surface area (Å²) >= 11 is 11.6. The smallest absolute Gasteiger partial charge is 0.347 e. The third-order valence-corrected chi connectivity index (χ3v) is 2.68. The van der Waals surface area contributed by atoms with Gasteiger partial charge in [-0.05, 0) is 25.1 Å². The van der Waals surface area contributed by atoms with Crippen molar-refractivity contribution >= 4 is 35.1 Å². The fourth-order valence-electron chi connectivity index (χ4n) is 1.14. The molecule has 1 aromatic rings. The zero-order valence-electron chi connectivity index (χ0n) is 10.4. The summed E-state index contributed by atoms with van der Waals surface area (Å²) in [6.07, 6.45) is -0.886. The molecule has 1 rings (SSSR count). The first-order valence-electron chi connectivity index (χ1n) is 5.43. The first-order chi connectivity index (χ1) is 8.93. The number of amides is 1. The molecule has 0 radical (unpaired) electrons. The van der Waals surface area contributed by atoms with Gasteiger partial charge in [0.2, 0.25) is 0 Å². The number of ether oxygens (including phenoxy) is 2. The molecule has 1 atom stereocenters. The molecule has 19 heavy (non-hydrogen) atoms. The van der Waals surface area contributed by atoms with E-state index in [4.69, 9.17) is 32.7 Å². The second-order valence-corrected chi connectivity index (χ2v) is 4.46. The monoisotopic (exact) mass is 305 g/mol. The molecule has 0 aromatic heterocycles. The maximum atomic E-state index is 11.5. The summed E-state index contributed by atoms with van der Waals surface area (Å²) < 4.78 is 10.1. The highest BCUT2D eigenvalue weighted by molar-refractivity contribution is 6.35. The van der Waals surface area contributed by atoms with Crippen LogP contribution in [-0.4, -0.2) is 31.6 Å². The number of hydrogen-bond donors (Lipinski definition) is 1. The van der Waals surface area contributed by atoms with Gasteiger partial charge in [-0.2, -0.15) is 0 Å². The maximum absolute atomic E-state index is 11.5. The molecule has 0 fully saturated rings. The van der Waals surface area contributed by atoms with Crippen molar-refractivity contribution in [3.8, 4) is 5.75 Å². The van der Waals surface area contributed by atoms with Gasteiger partial charge in [-0.3, -0.25) is 4.79 Å². The van der Waals surface area contributed by atoms with Gasteiger partial charge >= 0.3 is 5.97 Å². The Balaban J connectivity index is 2.56. The number of rotatable bonds is 5. The van der Waals surface area contributed by atoms with Crippen LogP contribution in [0.3, 0.4) is 0 Å². The molecule has 0 aliphatic carbocycles. The molecule has 5 nitrogen and oxygen atoms in total. The number of esters is 1. The minimum atomic E-state index is -0.886. The van der Waals surface area contributed by atoms with Crippen LogP contribution in [0.2, 0.25) is 10.0 Å². The van der Waals surface area contributed by atoms with Gasteiger partial charge in [-0.25, -0.2) is 4.79 Å². The Hall–Kier alpha value is -1.46. The highest BCUT2D eigenvalue weighted by atomic mass is 35.5. The van der Waals surface area contributed by atoms with Crippen LogP contribution in [0.5, 0.6) is 5.75 Å². The summed E-state index contributed by atoms with van der Waals surface area (Å²) in [6.45, 7) is 1.15.